The van der Waals surface area contributed by atoms with Gasteiger partial charge in [0.2, 0.25) is 0 Å². The lowest BCUT2D eigenvalue weighted by Crippen LogP contribution is -2.48. The first-order valence-electron chi connectivity index (χ1n) is 6.39. The lowest BCUT2D eigenvalue weighted by atomic mass is 9.99. The summed E-state index contributed by atoms with van der Waals surface area (Å²) in [4.78, 5) is 19.9. The summed E-state index contributed by atoms with van der Waals surface area (Å²) in [6, 6.07) is 5.68. The third-order valence-electron chi connectivity index (χ3n) is 3.27. The Kier molecular flexibility index (Phi) is 4.46. The topological polar surface area (TPSA) is 75.1 Å². The number of carboxylic acid groups (broad SMARTS) is 1. The van der Waals surface area contributed by atoms with Gasteiger partial charge >= 0.3 is 5.97 Å². The van der Waals surface area contributed by atoms with Gasteiger partial charge in [0, 0.05) is 18.1 Å². The summed E-state index contributed by atoms with van der Waals surface area (Å²) in [7, 11) is 0. The highest BCUT2D eigenvalue weighted by molar-refractivity contribution is 7.13. The molecule has 2 rings (SSSR count). The Labute approximate surface area is 121 Å². The molecule has 106 valence electrons. The molecule has 20 heavy (non-hydrogen) atoms. The van der Waals surface area contributed by atoms with Crippen LogP contribution in [0.2, 0.25) is 0 Å². The molecule has 2 aromatic rings. The quantitative estimate of drug-likeness (QED) is 0.855. The number of carboxylic acids is 1. The molecule has 2 aromatic heterocycles. The van der Waals surface area contributed by atoms with Gasteiger partial charge in [-0.1, -0.05) is 13.0 Å². The largest absolute Gasteiger partial charge is 0.480 e. The van der Waals surface area contributed by atoms with Crippen molar-refractivity contribution < 1.29 is 9.90 Å². The van der Waals surface area contributed by atoms with Crippen molar-refractivity contribution in [3.8, 4) is 10.7 Å². The second-order valence-electron chi connectivity index (χ2n) is 4.70. The number of aromatic nitrogens is 2. The van der Waals surface area contributed by atoms with E-state index in [-0.39, 0.29) is 0 Å². The average Bonchev–Trinajstić information content (AvgIpc) is 2.94. The number of nitrogens with one attached hydrogen (secondary N) is 1. The maximum Gasteiger partial charge on any atom is 0.323 e. The lowest BCUT2D eigenvalue weighted by molar-refractivity contribution is -0.144. The second-order valence-corrected chi connectivity index (χ2v) is 5.56. The van der Waals surface area contributed by atoms with Gasteiger partial charge < -0.3 is 5.11 Å². The zero-order chi connectivity index (χ0) is 14.6. The fourth-order valence-corrected chi connectivity index (χ4v) is 2.43. The van der Waals surface area contributed by atoms with E-state index in [4.69, 9.17) is 0 Å². The van der Waals surface area contributed by atoms with E-state index in [1.807, 2.05) is 30.5 Å². The van der Waals surface area contributed by atoms with E-state index in [0.717, 1.165) is 16.4 Å². The first kappa shape index (κ1) is 14.6. The predicted octanol–water partition coefficient (Wildman–Crippen LogP) is 2.55. The van der Waals surface area contributed by atoms with Gasteiger partial charge in [-0.2, -0.15) is 0 Å². The Morgan fingerprint density at radius 3 is 2.90 bits per heavy atom. The molecule has 0 saturated carbocycles. The highest BCUT2D eigenvalue weighted by Crippen LogP contribution is 2.21. The third kappa shape index (κ3) is 3.20. The number of hydrogen-bond acceptors (Lipinski definition) is 5. The van der Waals surface area contributed by atoms with E-state index in [1.165, 1.54) is 11.3 Å². The normalized spacial score (nSPS) is 13.9. The van der Waals surface area contributed by atoms with E-state index in [9.17, 15) is 9.90 Å². The molecule has 0 aliphatic rings. The van der Waals surface area contributed by atoms with Crippen LogP contribution in [-0.2, 0) is 11.3 Å². The number of aliphatic carboxylic acids is 1. The number of hydrogen-bond donors (Lipinski definition) is 2. The van der Waals surface area contributed by atoms with E-state index in [2.05, 4.69) is 15.3 Å². The van der Waals surface area contributed by atoms with Crippen molar-refractivity contribution in [1.82, 2.24) is 15.3 Å². The number of pyridine rings is 1. The molecule has 0 fully saturated rings. The van der Waals surface area contributed by atoms with Gasteiger partial charge in [0.15, 0.2) is 0 Å². The minimum absolute atomic E-state index is 0.431. The number of rotatable bonds is 6. The molecule has 0 aromatic carbocycles. The molecule has 0 radical (unpaired) electrons. The van der Waals surface area contributed by atoms with Crippen LogP contribution in [0.1, 0.15) is 26.0 Å². The third-order valence-corrected chi connectivity index (χ3v) is 4.19. The first-order chi connectivity index (χ1) is 9.55. The molecule has 0 aliphatic carbocycles. The summed E-state index contributed by atoms with van der Waals surface area (Å²) in [5, 5.41) is 15.0. The van der Waals surface area contributed by atoms with Gasteiger partial charge in [0.1, 0.15) is 10.5 Å². The van der Waals surface area contributed by atoms with E-state index < -0.39 is 11.5 Å². The van der Waals surface area contributed by atoms with Gasteiger partial charge in [0.05, 0.1) is 11.4 Å². The Morgan fingerprint density at radius 2 is 2.30 bits per heavy atom. The van der Waals surface area contributed by atoms with E-state index >= 15 is 0 Å². The summed E-state index contributed by atoms with van der Waals surface area (Å²) in [5.41, 5.74) is 0.742. The van der Waals surface area contributed by atoms with Crippen molar-refractivity contribution >= 4 is 17.3 Å². The zero-order valence-electron chi connectivity index (χ0n) is 11.5. The summed E-state index contributed by atoms with van der Waals surface area (Å²) in [5.74, 6) is -0.847. The molecular formula is C14H17N3O2S. The van der Waals surface area contributed by atoms with Crippen LogP contribution in [-0.4, -0.2) is 26.6 Å². The van der Waals surface area contributed by atoms with Crippen LogP contribution >= 0.6 is 11.3 Å². The van der Waals surface area contributed by atoms with Crippen LogP contribution < -0.4 is 5.32 Å². The minimum Gasteiger partial charge on any atom is -0.480 e. The monoisotopic (exact) mass is 291 g/mol. The average molecular weight is 291 g/mol. The van der Waals surface area contributed by atoms with Crippen molar-refractivity contribution in [3.05, 3.63) is 35.5 Å². The SMILES string of the molecule is CCC(C)(NCc1csc(-c2ccccn2)n1)C(=O)O. The summed E-state index contributed by atoms with van der Waals surface area (Å²) in [6.45, 7) is 3.96. The van der Waals surface area contributed by atoms with Crippen LogP contribution in [0.5, 0.6) is 0 Å². The maximum atomic E-state index is 11.2. The number of nitrogens with zero attached hydrogens (tertiary/aromatic N) is 2. The summed E-state index contributed by atoms with van der Waals surface area (Å²) < 4.78 is 0. The van der Waals surface area contributed by atoms with Crippen molar-refractivity contribution in [2.24, 2.45) is 0 Å². The Balaban J connectivity index is 2.06. The van der Waals surface area contributed by atoms with Crippen LogP contribution in [0.15, 0.2) is 29.8 Å². The molecular weight excluding hydrogens is 274 g/mol. The lowest BCUT2D eigenvalue weighted by Gasteiger charge is -2.24. The number of carbonyl (C=O) groups is 1. The minimum atomic E-state index is -0.922. The maximum absolute atomic E-state index is 11.2. The Bertz CT molecular complexity index is 585. The zero-order valence-corrected chi connectivity index (χ0v) is 12.3. The molecule has 2 N–H and O–H groups in total. The molecule has 5 nitrogen and oxygen atoms in total. The van der Waals surface area contributed by atoms with Crippen LogP contribution in [0.3, 0.4) is 0 Å². The van der Waals surface area contributed by atoms with Crippen LogP contribution in [0, 0.1) is 0 Å². The molecule has 2 heterocycles. The molecule has 0 spiro atoms. The standard InChI is InChI=1S/C14H17N3O2S/c1-3-14(2,13(18)19)16-8-10-9-20-12(17-10)11-6-4-5-7-15-11/h4-7,9,16H,3,8H2,1-2H3,(H,18,19). The van der Waals surface area contributed by atoms with Crippen molar-refractivity contribution in [2.75, 3.05) is 0 Å². The molecule has 6 heteroatoms. The first-order valence-corrected chi connectivity index (χ1v) is 7.27. The van der Waals surface area contributed by atoms with Crippen molar-refractivity contribution in [1.29, 1.82) is 0 Å². The van der Waals surface area contributed by atoms with Crippen molar-refractivity contribution in [3.63, 3.8) is 0 Å². The van der Waals surface area contributed by atoms with Crippen LogP contribution in [0.4, 0.5) is 0 Å². The van der Waals surface area contributed by atoms with Crippen LogP contribution in [0.25, 0.3) is 10.7 Å². The van der Waals surface area contributed by atoms with Gasteiger partial charge in [-0.3, -0.25) is 15.1 Å². The molecule has 0 saturated heterocycles. The van der Waals surface area contributed by atoms with Gasteiger partial charge in [-0.15, -0.1) is 11.3 Å². The summed E-state index contributed by atoms with van der Waals surface area (Å²) in [6.07, 6.45) is 2.24. The smallest absolute Gasteiger partial charge is 0.323 e. The molecule has 0 aliphatic heterocycles. The molecule has 1 atom stereocenters. The number of thiazole rings is 1. The molecule has 0 bridgehead atoms. The van der Waals surface area contributed by atoms with Gasteiger partial charge in [0.25, 0.3) is 0 Å². The highest BCUT2D eigenvalue weighted by Gasteiger charge is 2.30. The fraction of sp³-hybridized carbons (Fsp3) is 0.357. The Hall–Kier alpha value is -1.79. The Morgan fingerprint density at radius 1 is 1.50 bits per heavy atom. The fourth-order valence-electron chi connectivity index (χ4n) is 1.63. The molecule has 1 unspecified atom stereocenters. The second kappa shape index (κ2) is 6.11. The van der Waals surface area contributed by atoms with Crippen molar-refractivity contribution in [2.45, 2.75) is 32.4 Å². The summed E-state index contributed by atoms with van der Waals surface area (Å²) >= 11 is 1.51. The van der Waals surface area contributed by atoms with E-state index in [1.54, 1.807) is 13.1 Å². The molecule has 0 amide bonds. The van der Waals surface area contributed by atoms with E-state index in [0.29, 0.717) is 13.0 Å². The van der Waals surface area contributed by atoms with Gasteiger partial charge in [-0.25, -0.2) is 4.98 Å². The van der Waals surface area contributed by atoms with Gasteiger partial charge in [-0.05, 0) is 25.5 Å². The highest BCUT2D eigenvalue weighted by atomic mass is 32.1. The predicted molar refractivity (Wildman–Crippen MR) is 78.5 cm³/mol.